The molecule has 3 N–H and O–H groups in total. The van der Waals surface area contributed by atoms with Crippen molar-refractivity contribution < 1.29 is 14.3 Å². The molecule has 1 atom stereocenters. The van der Waals surface area contributed by atoms with Crippen LogP contribution in [0.1, 0.15) is 31.6 Å². The molecule has 6 heteroatoms. The minimum atomic E-state index is -1.14. The second-order valence-corrected chi connectivity index (χ2v) is 6.39. The number of hydrogen-bond acceptors (Lipinski definition) is 4. The molecule has 6 nitrogen and oxygen atoms in total. The van der Waals surface area contributed by atoms with Crippen LogP contribution in [-0.4, -0.2) is 37.3 Å². The third-order valence-corrected chi connectivity index (χ3v) is 3.84. The molecular weight excluding hydrogens is 330 g/mol. The fourth-order valence-corrected chi connectivity index (χ4v) is 2.34. The highest BCUT2D eigenvalue weighted by molar-refractivity contribution is 5.79. The van der Waals surface area contributed by atoms with Gasteiger partial charge in [0.15, 0.2) is 5.96 Å². The molecule has 0 radical (unpaired) electrons. The van der Waals surface area contributed by atoms with E-state index in [1.807, 2.05) is 31.2 Å². The maximum Gasteiger partial charge on any atom is 0.191 e. The number of aliphatic imine (C=N–C) groups is 1. The standard InChI is InChI=1S/C20H29N3O3/c1-4-21-19(23-15-20(3,24)18-7-5-13-26-18)22-12-6-14-25-17-10-8-16(2)9-11-17/h5,7-11,13,24H,4,6,12,14-15H2,1-3H3,(H2,21,22,23). The molecule has 0 fully saturated rings. The Hall–Kier alpha value is -2.47. The average Bonchev–Trinajstić information content (AvgIpc) is 3.16. The number of aryl methyl sites for hydroxylation is 1. The second-order valence-electron chi connectivity index (χ2n) is 6.39. The summed E-state index contributed by atoms with van der Waals surface area (Å²) < 4.78 is 11.0. The molecule has 0 aliphatic carbocycles. The van der Waals surface area contributed by atoms with Gasteiger partial charge in [0.05, 0.1) is 19.4 Å². The van der Waals surface area contributed by atoms with Crippen LogP contribution in [0, 0.1) is 6.92 Å². The molecule has 1 unspecified atom stereocenters. The SMILES string of the molecule is CCNC(=NCC(C)(O)c1ccco1)NCCCOc1ccc(C)cc1. The molecule has 0 aliphatic heterocycles. The minimum absolute atomic E-state index is 0.204. The van der Waals surface area contributed by atoms with Crippen molar-refractivity contribution in [2.45, 2.75) is 32.8 Å². The van der Waals surface area contributed by atoms with Gasteiger partial charge >= 0.3 is 0 Å². The van der Waals surface area contributed by atoms with Gasteiger partial charge in [0, 0.05) is 13.1 Å². The lowest BCUT2D eigenvalue weighted by Gasteiger charge is -2.19. The molecule has 2 rings (SSSR count). The Morgan fingerprint density at radius 1 is 1.23 bits per heavy atom. The van der Waals surface area contributed by atoms with Crippen molar-refractivity contribution in [1.82, 2.24) is 10.6 Å². The Morgan fingerprint density at radius 2 is 2.00 bits per heavy atom. The van der Waals surface area contributed by atoms with Gasteiger partial charge in [-0.3, -0.25) is 0 Å². The first kappa shape index (κ1) is 19.8. The largest absolute Gasteiger partial charge is 0.494 e. The van der Waals surface area contributed by atoms with Crippen LogP contribution in [0.3, 0.4) is 0 Å². The minimum Gasteiger partial charge on any atom is -0.494 e. The van der Waals surface area contributed by atoms with Gasteiger partial charge in [-0.2, -0.15) is 0 Å². The third kappa shape index (κ3) is 6.44. The highest BCUT2D eigenvalue weighted by Crippen LogP contribution is 2.21. The van der Waals surface area contributed by atoms with E-state index in [0.717, 1.165) is 25.3 Å². The first-order valence-corrected chi connectivity index (χ1v) is 8.99. The van der Waals surface area contributed by atoms with E-state index in [4.69, 9.17) is 9.15 Å². The molecule has 26 heavy (non-hydrogen) atoms. The Balaban J connectivity index is 1.75. The van der Waals surface area contributed by atoms with Crippen LogP contribution in [0.15, 0.2) is 52.1 Å². The van der Waals surface area contributed by atoms with Crippen LogP contribution in [0.5, 0.6) is 5.75 Å². The first-order chi connectivity index (χ1) is 12.5. The van der Waals surface area contributed by atoms with Gasteiger partial charge in [-0.25, -0.2) is 4.99 Å². The van der Waals surface area contributed by atoms with E-state index in [2.05, 4.69) is 22.5 Å². The van der Waals surface area contributed by atoms with Gasteiger partial charge < -0.3 is 24.9 Å². The maximum atomic E-state index is 10.5. The summed E-state index contributed by atoms with van der Waals surface area (Å²) in [4.78, 5) is 4.45. The highest BCUT2D eigenvalue weighted by Gasteiger charge is 2.25. The molecule has 0 aliphatic rings. The molecule has 0 saturated carbocycles. The molecule has 0 amide bonds. The Bertz CT molecular complexity index is 664. The number of aliphatic hydroxyl groups is 1. The predicted molar refractivity (Wildman–Crippen MR) is 104 cm³/mol. The molecule has 1 aromatic heterocycles. The van der Waals surface area contributed by atoms with E-state index in [1.165, 1.54) is 5.56 Å². The monoisotopic (exact) mass is 359 g/mol. The number of nitrogens with one attached hydrogen (secondary N) is 2. The lowest BCUT2D eigenvalue weighted by atomic mass is 10.0. The second kappa shape index (κ2) is 9.87. The molecule has 1 heterocycles. The van der Waals surface area contributed by atoms with Gasteiger partial charge in [-0.1, -0.05) is 17.7 Å². The number of rotatable bonds is 9. The van der Waals surface area contributed by atoms with Crippen LogP contribution in [0.25, 0.3) is 0 Å². The summed E-state index contributed by atoms with van der Waals surface area (Å²) >= 11 is 0. The molecule has 2 aromatic rings. The quantitative estimate of drug-likeness (QED) is 0.364. The molecule has 0 spiro atoms. The fourth-order valence-electron chi connectivity index (χ4n) is 2.34. The molecule has 0 saturated heterocycles. The van der Waals surface area contributed by atoms with Gasteiger partial charge in [0.2, 0.25) is 0 Å². The summed E-state index contributed by atoms with van der Waals surface area (Å²) in [6.45, 7) is 8.04. The lowest BCUT2D eigenvalue weighted by Crippen LogP contribution is -2.39. The van der Waals surface area contributed by atoms with Gasteiger partial charge in [-0.05, 0) is 51.5 Å². The van der Waals surface area contributed by atoms with Crippen LogP contribution >= 0.6 is 0 Å². The Morgan fingerprint density at radius 3 is 2.65 bits per heavy atom. The number of ether oxygens (including phenoxy) is 1. The van der Waals surface area contributed by atoms with Crippen molar-refractivity contribution in [3.63, 3.8) is 0 Å². The van der Waals surface area contributed by atoms with Crippen LogP contribution in [-0.2, 0) is 5.60 Å². The summed E-state index contributed by atoms with van der Waals surface area (Å²) in [6.07, 6.45) is 2.39. The fraction of sp³-hybridized carbons (Fsp3) is 0.450. The van der Waals surface area contributed by atoms with Crippen molar-refractivity contribution in [3.05, 3.63) is 54.0 Å². The van der Waals surface area contributed by atoms with Gasteiger partial charge in [0.1, 0.15) is 17.1 Å². The average molecular weight is 359 g/mol. The number of furan rings is 1. The number of benzene rings is 1. The van der Waals surface area contributed by atoms with E-state index >= 15 is 0 Å². The van der Waals surface area contributed by atoms with Crippen molar-refractivity contribution in [2.75, 3.05) is 26.2 Å². The summed E-state index contributed by atoms with van der Waals surface area (Å²) in [5.74, 6) is 2.05. The van der Waals surface area contributed by atoms with E-state index < -0.39 is 5.60 Å². The van der Waals surface area contributed by atoms with Crippen molar-refractivity contribution >= 4 is 5.96 Å². The van der Waals surface area contributed by atoms with E-state index in [0.29, 0.717) is 18.3 Å². The highest BCUT2D eigenvalue weighted by atomic mass is 16.5. The topological polar surface area (TPSA) is 79.0 Å². The molecule has 142 valence electrons. The first-order valence-electron chi connectivity index (χ1n) is 8.99. The van der Waals surface area contributed by atoms with E-state index in [1.54, 1.807) is 25.3 Å². The van der Waals surface area contributed by atoms with Gasteiger partial charge in [-0.15, -0.1) is 0 Å². The number of nitrogens with zero attached hydrogens (tertiary/aromatic N) is 1. The summed E-state index contributed by atoms with van der Waals surface area (Å²) in [5, 5.41) is 16.9. The zero-order valence-corrected chi connectivity index (χ0v) is 15.8. The summed E-state index contributed by atoms with van der Waals surface area (Å²) in [7, 11) is 0. The predicted octanol–water partition coefficient (Wildman–Crippen LogP) is 2.82. The normalized spacial score (nSPS) is 13.9. The van der Waals surface area contributed by atoms with E-state index in [-0.39, 0.29) is 6.54 Å². The van der Waals surface area contributed by atoms with Crippen LogP contribution in [0.4, 0.5) is 0 Å². The molecule has 0 bridgehead atoms. The molecular formula is C20H29N3O3. The van der Waals surface area contributed by atoms with Crippen LogP contribution < -0.4 is 15.4 Å². The smallest absolute Gasteiger partial charge is 0.191 e. The van der Waals surface area contributed by atoms with Gasteiger partial charge in [0.25, 0.3) is 0 Å². The zero-order valence-electron chi connectivity index (χ0n) is 15.8. The van der Waals surface area contributed by atoms with Crippen LogP contribution in [0.2, 0.25) is 0 Å². The lowest BCUT2D eigenvalue weighted by molar-refractivity contribution is 0.0437. The van der Waals surface area contributed by atoms with E-state index in [9.17, 15) is 5.11 Å². The zero-order chi connectivity index (χ0) is 18.8. The number of hydrogen-bond donors (Lipinski definition) is 3. The maximum absolute atomic E-state index is 10.5. The van der Waals surface area contributed by atoms with Crippen molar-refractivity contribution in [3.8, 4) is 5.75 Å². The van der Waals surface area contributed by atoms with Crippen molar-refractivity contribution in [2.24, 2.45) is 4.99 Å². The summed E-state index contributed by atoms with van der Waals surface area (Å²) in [6, 6.07) is 11.5. The number of guanidine groups is 1. The molecule has 1 aromatic carbocycles. The summed E-state index contributed by atoms with van der Waals surface area (Å²) in [5.41, 5.74) is 0.0800. The van der Waals surface area contributed by atoms with Crippen molar-refractivity contribution in [1.29, 1.82) is 0 Å². The third-order valence-electron chi connectivity index (χ3n) is 3.84. The Kier molecular flexibility index (Phi) is 7.53. The Labute approximate surface area is 155 Å².